The van der Waals surface area contributed by atoms with Gasteiger partial charge < -0.3 is 10.2 Å². The second kappa shape index (κ2) is 8.74. The average molecular weight is 466 g/mol. The first kappa shape index (κ1) is 21.7. The zero-order valence-corrected chi connectivity index (χ0v) is 19.1. The summed E-state index contributed by atoms with van der Waals surface area (Å²) in [5.41, 5.74) is 2.64. The van der Waals surface area contributed by atoms with E-state index in [1.54, 1.807) is 10.7 Å². The number of anilines is 1. The van der Waals surface area contributed by atoms with Crippen LogP contribution in [-0.4, -0.2) is 58.6 Å². The number of carbonyl (C=O) groups excluding carboxylic acids is 1. The molecule has 3 aliphatic heterocycles. The van der Waals surface area contributed by atoms with Crippen molar-refractivity contribution in [2.24, 2.45) is 0 Å². The van der Waals surface area contributed by atoms with E-state index in [1.807, 2.05) is 18.3 Å². The first-order valence-electron chi connectivity index (χ1n) is 12.3. The molecule has 6 nitrogen and oxygen atoms in total. The molecule has 3 aliphatic rings. The van der Waals surface area contributed by atoms with Gasteiger partial charge in [0.15, 0.2) is 5.78 Å². The first-order valence-corrected chi connectivity index (χ1v) is 12.3. The summed E-state index contributed by atoms with van der Waals surface area (Å²) < 4.78 is 30.2. The minimum atomic E-state index is -0.431. The Bertz CT molecular complexity index is 1230. The maximum absolute atomic E-state index is 14.6. The third-order valence-corrected chi connectivity index (χ3v) is 7.77. The molecule has 6 rings (SSSR count). The van der Waals surface area contributed by atoms with Crippen molar-refractivity contribution >= 4 is 17.0 Å². The summed E-state index contributed by atoms with van der Waals surface area (Å²) in [4.78, 5) is 18.2. The number of pyridine rings is 1. The van der Waals surface area contributed by atoms with Crippen LogP contribution in [0.15, 0.2) is 42.7 Å². The number of piperidine rings is 1. The van der Waals surface area contributed by atoms with E-state index in [-0.39, 0.29) is 29.7 Å². The van der Waals surface area contributed by atoms with Gasteiger partial charge in [-0.15, -0.1) is 0 Å². The number of fused-ring (bicyclic) bond motifs is 2. The van der Waals surface area contributed by atoms with Crippen LogP contribution in [0.3, 0.4) is 0 Å². The van der Waals surface area contributed by atoms with E-state index in [0.717, 1.165) is 69.1 Å². The van der Waals surface area contributed by atoms with Gasteiger partial charge in [-0.2, -0.15) is 5.10 Å². The lowest BCUT2D eigenvalue weighted by Crippen LogP contribution is -2.62. The normalized spacial score (nSPS) is 25.6. The van der Waals surface area contributed by atoms with Crippen LogP contribution in [0.25, 0.3) is 5.52 Å². The summed E-state index contributed by atoms with van der Waals surface area (Å²) in [6.07, 6.45) is 8.53. The lowest BCUT2D eigenvalue weighted by atomic mass is 9.89. The molecule has 1 N–H and O–H groups in total. The van der Waals surface area contributed by atoms with Crippen molar-refractivity contribution in [1.29, 1.82) is 0 Å². The Morgan fingerprint density at radius 2 is 1.94 bits per heavy atom. The summed E-state index contributed by atoms with van der Waals surface area (Å²) in [5, 5.41) is 7.90. The largest absolute Gasteiger partial charge is 0.364 e. The Morgan fingerprint density at radius 3 is 2.85 bits per heavy atom. The number of nitrogens with zero attached hydrogens (tertiary/aromatic N) is 4. The van der Waals surface area contributed by atoms with Crippen LogP contribution < -0.4 is 10.2 Å². The molecule has 2 unspecified atom stereocenters. The van der Waals surface area contributed by atoms with Crippen LogP contribution in [0.4, 0.5) is 14.5 Å². The molecule has 8 heteroatoms. The van der Waals surface area contributed by atoms with Crippen molar-refractivity contribution in [2.45, 2.75) is 50.2 Å². The van der Waals surface area contributed by atoms with Crippen molar-refractivity contribution in [3.05, 3.63) is 65.5 Å². The van der Waals surface area contributed by atoms with Crippen LogP contribution in [0.5, 0.6) is 0 Å². The van der Waals surface area contributed by atoms with Gasteiger partial charge in [-0.3, -0.25) is 9.69 Å². The molecule has 3 fully saturated rings. The van der Waals surface area contributed by atoms with Gasteiger partial charge in [0.1, 0.15) is 11.6 Å². The van der Waals surface area contributed by atoms with Crippen molar-refractivity contribution < 1.29 is 13.6 Å². The highest BCUT2D eigenvalue weighted by Crippen LogP contribution is 2.38. The molecular formula is C26H29F2N5O. The Balaban J connectivity index is 1.33. The minimum absolute atomic E-state index is 0.0814. The third-order valence-electron chi connectivity index (χ3n) is 7.77. The number of nitrogens with one attached hydrogen (secondary N) is 1. The highest BCUT2D eigenvalue weighted by Gasteiger charge is 2.38. The third kappa shape index (κ3) is 3.69. The molecule has 3 saturated heterocycles. The van der Waals surface area contributed by atoms with Crippen molar-refractivity contribution in [1.82, 2.24) is 19.8 Å². The molecule has 3 aromatic rings. The van der Waals surface area contributed by atoms with Gasteiger partial charge in [0.05, 0.1) is 29.4 Å². The van der Waals surface area contributed by atoms with Crippen LogP contribution in [0, 0.1) is 11.6 Å². The van der Waals surface area contributed by atoms with Gasteiger partial charge in [-0.1, -0.05) is 6.42 Å². The zero-order valence-electron chi connectivity index (χ0n) is 19.1. The number of piperazine rings is 1. The number of benzene rings is 1. The smallest absolute Gasteiger partial charge is 0.185 e. The highest BCUT2D eigenvalue weighted by molar-refractivity contribution is 6.06. The number of aromatic nitrogens is 2. The molecule has 3 atom stereocenters. The topological polar surface area (TPSA) is 52.9 Å². The number of rotatable bonds is 4. The van der Waals surface area contributed by atoms with Gasteiger partial charge in [0.25, 0.3) is 0 Å². The van der Waals surface area contributed by atoms with Gasteiger partial charge >= 0.3 is 0 Å². The van der Waals surface area contributed by atoms with E-state index >= 15 is 0 Å². The Labute approximate surface area is 197 Å². The van der Waals surface area contributed by atoms with E-state index in [2.05, 4.69) is 20.2 Å². The number of ketones is 1. The van der Waals surface area contributed by atoms with Gasteiger partial charge in [0, 0.05) is 43.1 Å². The summed E-state index contributed by atoms with van der Waals surface area (Å²) >= 11 is 0. The number of carbonyl (C=O) groups is 1. The van der Waals surface area contributed by atoms with Gasteiger partial charge in [0.2, 0.25) is 0 Å². The molecule has 178 valence electrons. The fourth-order valence-corrected chi connectivity index (χ4v) is 6.11. The van der Waals surface area contributed by atoms with Crippen molar-refractivity contribution in [3.63, 3.8) is 0 Å². The molecule has 0 aliphatic carbocycles. The lowest BCUT2D eigenvalue weighted by Gasteiger charge is -2.44. The lowest BCUT2D eigenvalue weighted by molar-refractivity contribution is 0.0626. The summed E-state index contributed by atoms with van der Waals surface area (Å²) in [7, 11) is 0. The quantitative estimate of drug-likeness (QED) is 0.591. The SMILES string of the molecule is O=C(c1cnn2ccc(N3CCC[C@@H]3c3cc(F)ccc3F)cc12)C1NCCN2CCCCC12. The summed E-state index contributed by atoms with van der Waals surface area (Å²) in [5.74, 6) is -0.739. The average Bonchev–Trinajstić information content (AvgIpc) is 3.52. The monoisotopic (exact) mass is 465 g/mol. The van der Waals surface area contributed by atoms with Crippen molar-refractivity contribution in [3.8, 4) is 0 Å². The summed E-state index contributed by atoms with van der Waals surface area (Å²) in [6.45, 7) is 3.60. The molecule has 0 spiro atoms. The standard InChI is InChI=1S/C26H29F2N5O/c27-17-6-7-21(28)19(14-17)22-5-3-11-32(22)18-8-12-33-24(15-18)20(16-30-33)26(34)25-23-4-1-2-10-31(23)13-9-29-25/h6-8,12,14-16,22-23,25,29H,1-5,9-11,13H2/t22-,23?,25?/m1/s1. The molecule has 0 amide bonds. The van der Waals surface area contributed by atoms with Crippen LogP contribution in [-0.2, 0) is 0 Å². The van der Waals surface area contributed by atoms with E-state index < -0.39 is 5.82 Å². The summed E-state index contributed by atoms with van der Waals surface area (Å²) in [6, 6.07) is 7.32. The molecule has 34 heavy (non-hydrogen) atoms. The zero-order chi connectivity index (χ0) is 23.2. The molecule has 1 aromatic carbocycles. The van der Waals surface area contributed by atoms with E-state index in [0.29, 0.717) is 11.1 Å². The van der Waals surface area contributed by atoms with Crippen LogP contribution in [0.2, 0.25) is 0 Å². The molecule has 0 radical (unpaired) electrons. The second-order valence-corrected chi connectivity index (χ2v) is 9.69. The minimum Gasteiger partial charge on any atom is -0.364 e. The molecule has 0 saturated carbocycles. The van der Waals surface area contributed by atoms with E-state index in [9.17, 15) is 13.6 Å². The second-order valence-electron chi connectivity index (χ2n) is 9.69. The van der Waals surface area contributed by atoms with Gasteiger partial charge in [-0.05, 0) is 62.6 Å². The Morgan fingerprint density at radius 1 is 1.03 bits per heavy atom. The Hall–Kier alpha value is -2.84. The first-order chi connectivity index (χ1) is 16.6. The van der Waals surface area contributed by atoms with E-state index in [4.69, 9.17) is 0 Å². The number of hydrogen-bond donors (Lipinski definition) is 1. The highest BCUT2D eigenvalue weighted by atomic mass is 19.1. The van der Waals surface area contributed by atoms with Gasteiger partial charge in [-0.25, -0.2) is 13.3 Å². The fraction of sp³-hybridized carbons (Fsp3) is 0.462. The Kier molecular flexibility index (Phi) is 5.57. The molecule has 2 aromatic heterocycles. The molecule has 5 heterocycles. The van der Waals surface area contributed by atoms with Crippen LogP contribution >= 0.6 is 0 Å². The van der Waals surface area contributed by atoms with Crippen LogP contribution in [0.1, 0.15) is 54.1 Å². The predicted molar refractivity (Wildman–Crippen MR) is 126 cm³/mol. The molecule has 0 bridgehead atoms. The number of Topliss-reactive ketones (excluding diaryl/α,β-unsaturated/α-hetero) is 1. The maximum atomic E-state index is 14.6. The fourth-order valence-electron chi connectivity index (χ4n) is 6.11. The number of hydrogen-bond acceptors (Lipinski definition) is 5. The predicted octanol–water partition coefficient (Wildman–Crippen LogP) is 3.96. The van der Waals surface area contributed by atoms with E-state index in [1.165, 1.54) is 18.6 Å². The van der Waals surface area contributed by atoms with Crippen molar-refractivity contribution in [2.75, 3.05) is 31.1 Å². The number of halogens is 2. The molecular weight excluding hydrogens is 436 g/mol. The maximum Gasteiger partial charge on any atom is 0.185 e.